The van der Waals surface area contributed by atoms with Gasteiger partial charge in [-0.05, 0) is 37.0 Å². The molecular formula is C13H16BrNO2. The quantitative estimate of drug-likeness (QED) is 0.871. The van der Waals surface area contributed by atoms with E-state index in [9.17, 15) is 4.79 Å². The maximum atomic E-state index is 11.9. The van der Waals surface area contributed by atoms with Gasteiger partial charge >= 0.3 is 5.97 Å². The van der Waals surface area contributed by atoms with Crippen molar-refractivity contribution >= 4 is 27.6 Å². The van der Waals surface area contributed by atoms with Crippen LogP contribution in [0.25, 0.3) is 0 Å². The van der Waals surface area contributed by atoms with Crippen LogP contribution < -0.4 is 5.32 Å². The highest BCUT2D eigenvalue weighted by atomic mass is 79.9. The maximum Gasteiger partial charge on any atom is 0.331 e. The van der Waals surface area contributed by atoms with Gasteiger partial charge in [0.2, 0.25) is 0 Å². The first-order chi connectivity index (χ1) is 8.05. The minimum absolute atomic E-state index is 0.171. The molecule has 3 nitrogen and oxygen atoms in total. The molecule has 0 aliphatic heterocycles. The van der Waals surface area contributed by atoms with E-state index in [0.717, 1.165) is 23.0 Å². The minimum Gasteiger partial charge on any atom is -0.467 e. The molecule has 0 bridgehead atoms. The summed E-state index contributed by atoms with van der Waals surface area (Å²) in [6.07, 6.45) is 1.65. The van der Waals surface area contributed by atoms with E-state index in [1.54, 1.807) is 0 Å². The highest BCUT2D eigenvalue weighted by molar-refractivity contribution is 9.10. The van der Waals surface area contributed by atoms with Gasteiger partial charge in [-0.25, -0.2) is 4.79 Å². The van der Waals surface area contributed by atoms with E-state index in [-0.39, 0.29) is 5.97 Å². The molecule has 1 aromatic carbocycles. The topological polar surface area (TPSA) is 38.3 Å². The molecule has 0 radical (unpaired) electrons. The lowest BCUT2D eigenvalue weighted by atomic mass is 9.69. The SMILES string of the molecule is COC(=O)C1(Nc2cccc(Br)c2)CC(C)C1. The molecule has 0 amide bonds. The van der Waals surface area contributed by atoms with Crippen LogP contribution in [-0.2, 0) is 9.53 Å². The second-order valence-electron chi connectivity index (χ2n) is 4.72. The molecule has 92 valence electrons. The van der Waals surface area contributed by atoms with Gasteiger partial charge in [0.25, 0.3) is 0 Å². The molecule has 1 aliphatic rings. The van der Waals surface area contributed by atoms with Crippen molar-refractivity contribution in [1.82, 2.24) is 0 Å². The lowest BCUT2D eigenvalue weighted by molar-refractivity contribution is -0.150. The van der Waals surface area contributed by atoms with Crippen LogP contribution in [0.2, 0.25) is 0 Å². The van der Waals surface area contributed by atoms with E-state index in [1.165, 1.54) is 7.11 Å². The molecule has 4 heteroatoms. The highest BCUT2D eigenvalue weighted by Gasteiger charge is 2.49. The van der Waals surface area contributed by atoms with Gasteiger partial charge < -0.3 is 10.1 Å². The summed E-state index contributed by atoms with van der Waals surface area (Å²) in [5.41, 5.74) is 0.409. The second kappa shape index (κ2) is 4.69. The number of hydrogen-bond acceptors (Lipinski definition) is 3. The number of carbonyl (C=O) groups is 1. The van der Waals surface area contributed by atoms with E-state index in [4.69, 9.17) is 4.74 Å². The molecule has 17 heavy (non-hydrogen) atoms. The van der Waals surface area contributed by atoms with Crippen LogP contribution in [0, 0.1) is 5.92 Å². The van der Waals surface area contributed by atoms with Gasteiger partial charge in [-0.2, -0.15) is 0 Å². The summed E-state index contributed by atoms with van der Waals surface area (Å²) < 4.78 is 5.89. The Morgan fingerprint density at radius 3 is 2.76 bits per heavy atom. The number of esters is 1. The van der Waals surface area contributed by atoms with Gasteiger partial charge in [-0.15, -0.1) is 0 Å². The fraction of sp³-hybridized carbons (Fsp3) is 0.462. The summed E-state index contributed by atoms with van der Waals surface area (Å²) in [6.45, 7) is 2.14. The number of anilines is 1. The minimum atomic E-state index is -0.533. The lowest BCUT2D eigenvalue weighted by Crippen LogP contribution is -2.56. The number of halogens is 1. The lowest BCUT2D eigenvalue weighted by Gasteiger charge is -2.44. The van der Waals surface area contributed by atoms with Crippen LogP contribution in [0.3, 0.4) is 0 Å². The molecule has 0 unspecified atom stereocenters. The summed E-state index contributed by atoms with van der Waals surface area (Å²) >= 11 is 3.42. The first-order valence-corrected chi connectivity index (χ1v) is 6.47. The highest BCUT2D eigenvalue weighted by Crippen LogP contribution is 2.41. The average Bonchev–Trinajstić information content (AvgIpc) is 2.25. The summed E-state index contributed by atoms with van der Waals surface area (Å²) in [5, 5.41) is 3.31. The van der Waals surface area contributed by atoms with Gasteiger partial charge in [-0.1, -0.05) is 28.9 Å². The number of ether oxygens (including phenoxy) is 1. The molecule has 0 atom stereocenters. The van der Waals surface area contributed by atoms with Crippen LogP contribution in [0.1, 0.15) is 19.8 Å². The predicted molar refractivity (Wildman–Crippen MR) is 70.9 cm³/mol. The molecule has 1 fully saturated rings. The third-order valence-electron chi connectivity index (χ3n) is 3.18. The Kier molecular flexibility index (Phi) is 3.43. The molecule has 2 rings (SSSR count). The molecule has 1 saturated carbocycles. The van der Waals surface area contributed by atoms with E-state index in [1.807, 2.05) is 24.3 Å². The molecule has 1 aromatic rings. The molecule has 0 aromatic heterocycles. The largest absolute Gasteiger partial charge is 0.467 e. The number of methoxy groups -OCH3 is 1. The Labute approximate surface area is 110 Å². The second-order valence-corrected chi connectivity index (χ2v) is 5.64. The Morgan fingerprint density at radius 2 is 2.24 bits per heavy atom. The van der Waals surface area contributed by atoms with Crippen LogP contribution in [-0.4, -0.2) is 18.6 Å². The van der Waals surface area contributed by atoms with Crippen LogP contribution in [0.4, 0.5) is 5.69 Å². The summed E-state index contributed by atoms with van der Waals surface area (Å²) in [4.78, 5) is 11.9. The molecule has 1 aliphatic carbocycles. The van der Waals surface area contributed by atoms with E-state index >= 15 is 0 Å². The molecular weight excluding hydrogens is 282 g/mol. The number of rotatable bonds is 3. The Hall–Kier alpha value is -1.03. The standard InChI is InChI=1S/C13H16BrNO2/c1-9-7-13(8-9,12(16)17-2)15-11-5-3-4-10(14)6-11/h3-6,9,15H,7-8H2,1-2H3. The molecule has 0 spiro atoms. The van der Waals surface area contributed by atoms with Gasteiger partial charge in [0.05, 0.1) is 7.11 Å². The molecule has 1 N–H and O–H groups in total. The van der Waals surface area contributed by atoms with Crippen molar-refractivity contribution < 1.29 is 9.53 Å². The Morgan fingerprint density at radius 1 is 1.53 bits per heavy atom. The van der Waals surface area contributed by atoms with E-state index in [2.05, 4.69) is 28.2 Å². The van der Waals surface area contributed by atoms with E-state index < -0.39 is 5.54 Å². The zero-order valence-corrected chi connectivity index (χ0v) is 11.6. The maximum absolute atomic E-state index is 11.9. The van der Waals surface area contributed by atoms with Crippen molar-refractivity contribution in [1.29, 1.82) is 0 Å². The zero-order chi connectivity index (χ0) is 12.5. The summed E-state index contributed by atoms with van der Waals surface area (Å²) in [7, 11) is 1.44. The smallest absolute Gasteiger partial charge is 0.331 e. The van der Waals surface area contributed by atoms with Crippen molar-refractivity contribution in [3.63, 3.8) is 0 Å². The zero-order valence-electron chi connectivity index (χ0n) is 10.00. The van der Waals surface area contributed by atoms with Crippen LogP contribution >= 0.6 is 15.9 Å². The Bertz CT molecular complexity index is 427. The number of carbonyl (C=O) groups excluding carboxylic acids is 1. The first kappa shape index (κ1) is 12.4. The fourth-order valence-corrected chi connectivity index (χ4v) is 2.89. The number of benzene rings is 1. The Balaban J connectivity index is 2.17. The number of nitrogens with one attached hydrogen (secondary N) is 1. The summed E-state index contributed by atoms with van der Waals surface area (Å²) in [5.74, 6) is 0.393. The van der Waals surface area contributed by atoms with Gasteiger partial charge in [0, 0.05) is 10.2 Å². The van der Waals surface area contributed by atoms with Gasteiger partial charge in [0.1, 0.15) is 5.54 Å². The molecule has 0 heterocycles. The number of hydrogen-bond donors (Lipinski definition) is 1. The first-order valence-electron chi connectivity index (χ1n) is 5.68. The predicted octanol–water partition coefficient (Wildman–Crippen LogP) is 3.20. The van der Waals surface area contributed by atoms with Gasteiger partial charge in [0.15, 0.2) is 0 Å². The van der Waals surface area contributed by atoms with Crippen LogP contribution in [0.5, 0.6) is 0 Å². The average molecular weight is 298 g/mol. The van der Waals surface area contributed by atoms with Crippen LogP contribution in [0.15, 0.2) is 28.7 Å². The van der Waals surface area contributed by atoms with Crippen molar-refractivity contribution in [2.45, 2.75) is 25.3 Å². The van der Waals surface area contributed by atoms with E-state index in [0.29, 0.717) is 5.92 Å². The summed E-state index contributed by atoms with van der Waals surface area (Å²) in [6, 6.07) is 7.82. The third kappa shape index (κ3) is 2.46. The van der Waals surface area contributed by atoms with Crippen molar-refractivity contribution in [2.75, 3.05) is 12.4 Å². The monoisotopic (exact) mass is 297 g/mol. The van der Waals surface area contributed by atoms with Crippen molar-refractivity contribution in [2.24, 2.45) is 5.92 Å². The van der Waals surface area contributed by atoms with Crippen molar-refractivity contribution in [3.05, 3.63) is 28.7 Å². The molecule has 0 saturated heterocycles. The van der Waals surface area contributed by atoms with Crippen molar-refractivity contribution in [3.8, 4) is 0 Å². The van der Waals surface area contributed by atoms with Gasteiger partial charge in [-0.3, -0.25) is 0 Å². The third-order valence-corrected chi connectivity index (χ3v) is 3.67. The normalized spacial score (nSPS) is 27.1. The fourth-order valence-electron chi connectivity index (χ4n) is 2.49.